The molecule has 2 N–H and O–H groups in total. The van der Waals surface area contributed by atoms with Gasteiger partial charge in [-0.1, -0.05) is 29.0 Å². The van der Waals surface area contributed by atoms with E-state index in [4.69, 9.17) is 4.74 Å². The molecule has 2 fully saturated rings. The minimum Gasteiger partial charge on any atom is -0.368 e. The number of ether oxygens (including phenoxy) is 1. The van der Waals surface area contributed by atoms with E-state index in [2.05, 4.69) is 4.72 Å². The Bertz CT molecular complexity index is 997. The Kier molecular flexibility index (Phi) is 6.99. The summed E-state index contributed by atoms with van der Waals surface area (Å²) < 4.78 is 75.1. The van der Waals surface area contributed by atoms with Gasteiger partial charge in [0.15, 0.2) is 6.26 Å². The third-order valence-electron chi connectivity index (χ3n) is 5.97. The summed E-state index contributed by atoms with van der Waals surface area (Å²) >= 11 is -1.48. The highest BCUT2D eigenvalue weighted by Gasteiger charge is 2.58. The summed E-state index contributed by atoms with van der Waals surface area (Å²) in [5.74, 6) is -5.19. The summed E-state index contributed by atoms with van der Waals surface area (Å²) in [5, 5.41) is 0. The van der Waals surface area contributed by atoms with E-state index in [-0.39, 0.29) is 6.42 Å². The van der Waals surface area contributed by atoms with Gasteiger partial charge in [0.1, 0.15) is 23.8 Å². The number of amides is 1. The maximum absolute atomic E-state index is 15.0. The molecule has 2 saturated heterocycles. The molecule has 0 aliphatic carbocycles. The normalized spacial score (nSPS) is 25.4. The van der Waals surface area contributed by atoms with Crippen LogP contribution in [0.5, 0.6) is 0 Å². The molecule has 4 atom stereocenters. The maximum Gasteiger partial charge on any atom is 0.286 e. The summed E-state index contributed by atoms with van der Waals surface area (Å²) in [6, 6.07) is 7.48. The van der Waals surface area contributed by atoms with Crippen LogP contribution in [0.25, 0.3) is 11.1 Å². The summed E-state index contributed by atoms with van der Waals surface area (Å²) in [6.45, 7) is -0.367. The highest BCUT2D eigenvalue weighted by molar-refractivity contribution is 7.88. The number of carbonyl (C=O) groups is 1. The second-order valence-corrected chi connectivity index (χ2v) is 9.62. The number of benzene rings is 2. The number of hydrogen-bond donors (Lipinski definition) is 2. The van der Waals surface area contributed by atoms with Crippen molar-refractivity contribution in [2.24, 2.45) is 0 Å². The lowest BCUT2D eigenvalue weighted by Crippen LogP contribution is -2.52. The molecular weight excluding hydrogens is 460 g/mol. The predicted octanol–water partition coefficient (Wildman–Crippen LogP) is 3.79. The van der Waals surface area contributed by atoms with Gasteiger partial charge in [0.05, 0.1) is 12.6 Å². The van der Waals surface area contributed by atoms with E-state index in [0.717, 1.165) is 11.0 Å². The average Bonchev–Trinajstić information content (AvgIpc) is 3.35. The number of alkyl halides is 2. The summed E-state index contributed by atoms with van der Waals surface area (Å²) in [6.07, 6.45) is 1.85. The SMILES string of the molecule is C[S+](O)N[C@@H]1[C@H](Cc2cccc(-c3cc(F)cc(F)c3)c2)N(C(=O)[C@H]2CCCO2)CC1(F)F. The molecule has 0 saturated carbocycles. The van der Waals surface area contributed by atoms with E-state index in [1.165, 1.54) is 18.4 Å². The lowest BCUT2D eigenvalue weighted by atomic mass is 9.96. The van der Waals surface area contributed by atoms with E-state index >= 15 is 0 Å². The van der Waals surface area contributed by atoms with E-state index in [1.54, 1.807) is 24.3 Å². The fraction of sp³-hybridized carbons (Fsp3) is 0.435. The van der Waals surface area contributed by atoms with Crippen molar-refractivity contribution < 1.29 is 31.6 Å². The maximum atomic E-state index is 15.0. The molecule has 10 heteroatoms. The standard InChI is InChI=1S/C23H25F4N2O3S/c1-33(31)28-21-19(29(13-23(21,26)27)22(30)20-6-3-7-32-20)9-14-4-2-5-15(8-14)16-10-17(24)12-18(25)11-16/h2,4-5,8,10-12,19-21,28,31H,3,6-7,9,13H2,1H3/q+1/t19-,20+,21+,33?/m0/s1. The highest BCUT2D eigenvalue weighted by atomic mass is 32.2. The Balaban J connectivity index is 1.65. The van der Waals surface area contributed by atoms with Gasteiger partial charge < -0.3 is 9.64 Å². The van der Waals surface area contributed by atoms with Crippen molar-refractivity contribution >= 4 is 17.3 Å². The summed E-state index contributed by atoms with van der Waals surface area (Å²) in [5.41, 5.74) is 1.46. The van der Waals surface area contributed by atoms with Crippen LogP contribution in [0.2, 0.25) is 0 Å². The van der Waals surface area contributed by atoms with E-state index < -0.39 is 59.6 Å². The van der Waals surface area contributed by atoms with Gasteiger partial charge in [-0.3, -0.25) is 4.79 Å². The molecule has 4 rings (SSSR count). The average molecular weight is 486 g/mol. The van der Waals surface area contributed by atoms with Crippen molar-refractivity contribution in [1.82, 2.24) is 9.62 Å². The van der Waals surface area contributed by atoms with Crippen LogP contribution in [-0.2, 0) is 27.3 Å². The van der Waals surface area contributed by atoms with Crippen LogP contribution in [0, 0.1) is 11.6 Å². The molecule has 0 aromatic heterocycles. The Morgan fingerprint density at radius 2 is 1.94 bits per heavy atom. The first kappa shape index (κ1) is 24.0. The van der Waals surface area contributed by atoms with Crippen LogP contribution >= 0.6 is 0 Å². The number of carbonyl (C=O) groups excluding carboxylic acids is 1. The van der Waals surface area contributed by atoms with Crippen LogP contribution < -0.4 is 4.72 Å². The van der Waals surface area contributed by atoms with Gasteiger partial charge in [-0.15, -0.1) is 0 Å². The van der Waals surface area contributed by atoms with Gasteiger partial charge in [0.25, 0.3) is 11.8 Å². The minimum atomic E-state index is -3.26. The molecule has 2 heterocycles. The Hall–Kier alpha value is -2.14. The van der Waals surface area contributed by atoms with E-state index in [0.29, 0.717) is 36.1 Å². The molecule has 0 bridgehead atoms. The van der Waals surface area contributed by atoms with Gasteiger partial charge >= 0.3 is 0 Å². The lowest BCUT2D eigenvalue weighted by molar-refractivity contribution is -0.143. The first-order chi connectivity index (χ1) is 15.6. The number of hydrogen-bond acceptors (Lipinski definition) is 4. The quantitative estimate of drug-likeness (QED) is 0.483. The zero-order chi connectivity index (χ0) is 23.8. The fourth-order valence-corrected chi connectivity index (χ4v) is 5.22. The van der Waals surface area contributed by atoms with Gasteiger partial charge in [-0.25, -0.2) is 17.6 Å². The van der Waals surface area contributed by atoms with Gasteiger partial charge in [-0.05, 0) is 48.1 Å². The first-order valence-corrected chi connectivity index (χ1v) is 12.2. The molecule has 5 nitrogen and oxygen atoms in total. The molecule has 0 radical (unpaired) electrons. The number of nitrogens with zero attached hydrogens (tertiary/aromatic N) is 1. The van der Waals surface area contributed by atoms with Crippen molar-refractivity contribution in [1.29, 1.82) is 0 Å². The van der Waals surface area contributed by atoms with Gasteiger partial charge in [0, 0.05) is 12.7 Å². The lowest BCUT2D eigenvalue weighted by Gasteiger charge is -2.28. The predicted molar refractivity (Wildman–Crippen MR) is 118 cm³/mol. The summed E-state index contributed by atoms with van der Waals surface area (Å²) in [4.78, 5) is 14.2. The first-order valence-electron chi connectivity index (χ1n) is 10.6. The molecular formula is C23H25F4N2O3S+. The molecule has 178 valence electrons. The number of rotatable bonds is 6. The van der Waals surface area contributed by atoms with Crippen molar-refractivity contribution in [3.63, 3.8) is 0 Å². The topological polar surface area (TPSA) is 61.8 Å². The summed E-state index contributed by atoms with van der Waals surface area (Å²) in [7, 11) is 0. The van der Waals surface area contributed by atoms with Crippen molar-refractivity contribution in [2.45, 2.75) is 43.4 Å². The number of halogens is 4. The number of likely N-dealkylation sites (tertiary alicyclic amines) is 1. The van der Waals surface area contributed by atoms with Crippen LogP contribution in [0.15, 0.2) is 42.5 Å². The van der Waals surface area contributed by atoms with Crippen LogP contribution in [-0.4, -0.2) is 58.9 Å². The minimum absolute atomic E-state index is 0.0640. The second kappa shape index (κ2) is 9.61. The molecule has 2 aromatic carbocycles. The van der Waals surface area contributed by atoms with Crippen LogP contribution in [0.1, 0.15) is 18.4 Å². The highest BCUT2D eigenvalue weighted by Crippen LogP contribution is 2.36. The zero-order valence-corrected chi connectivity index (χ0v) is 18.8. The molecule has 1 amide bonds. The molecule has 2 aromatic rings. The van der Waals surface area contributed by atoms with Crippen molar-refractivity contribution in [2.75, 3.05) is 19.4 Å². The molecule has 2 aliphatic heterocycles. The zero-order valence-electron chi connectivity index (χ0n) is 17.9. The monoisotopic (exact) mass is 485 g/mol. The molecule has 33 heavy (non-hydrogen) atoms. The molecule has 2 aliphatic rings. The van der Waals surface area contributed by atoms with Crippen LogP contribution in [0.4, 0.5) is 17.6 Å². The third-order valence-corrected chi connectivity index (χ3v) is 6.57. The fourth-order valence-electron chi connectivity index (χ4n) is 4.52. The van der Waals surface area contributed by atoms with Gasteiger partial charge in [0.2, 0.25) is 11.4 Å². The molecule has 1 unspecified atom stereocenters. The Labute approximate surface area is 192 Å². The van der Waals surface area contributed by atoms with E-state index in [1.807, 2.05) is 0 Å². The third kappa shape index (κ3) is 5.34. The largest absolute Gasteiger partial charge is 0.368 e. The van der Waals surface area contributed by atoms with Crippen molar-refractivity contribution in [3.05, 3.63) is 59.7 Å². The molecule has 0 spiro atoms. The Morgan fingerprint density at radius 1 is 1.21 bits per heavy atom. The van der Waals surface area contributed by atoms with Crippen molar-refractivity contribution in [3.8, 4) is 11.1 Å². The van der Waals surface area contributed by atoms with Gasteiger partial charge in [-0.2, -0.15) is 4.55 Å². The smallest absolute Gasteiger partial charge is 0.286 e. The second-order valence-electron chi connectivity index (χ2n) is 8.43. The van der Waals surface area contributed by atoms with E-state index in [9.17, 15) is 26.9 Å². The van der Waals surface area contributed by atoms with Crippen LogP contribution in [0.3, 0.4) is 0 Å². The Morgan fingerprint density at radius 3 is 2.58 bits per heavy atom. The number of nitrogens with one attached hydrogen (secondary N) is 1.